The molecule has 1 atom stereocenters. The van der Waals surface area contributed by atoms with Crippen LogP contribution in [0.2, 0.25) is 0 Å². The summed E-state index contributed by atoms with van der Waals surface area (Å²) in [6, 6.07) is 0.385. The molecule has 4 nitrogen and oxygen atoms in total. The Hall–Kier alpha value is -0.610. The largest absolute Gasteiger partial charge is 0.480 e. The van der Waals surface area contributed by atoms with Crippen LogP contribution >= 0.6 is 0 Å². The third-order valence-corrected chi connectivity index (χ3v) is 3.69. The van der Waals surface area contributed by atoms with Crippen LogP contribution in [0.4, 0.5) is 0 Å². The van der Waals surface area contributed by atoms with Gasteiger partial charge in [0, 0.05) is 12.6 Å². The van der Waals surface area contributed by atoms with Crippen LogP contribution in [0.25, 0.3) is 0 Å². The molecule has 2 N–H and O–H groups in total. The minimum atomic E-state index is -0.750. The predicted octanol–water partition coefficient (Wildman–Crippen LogP) is 1.17. The van der Waals surface area contributed by atoms with Gasteiger partial charge in [0.1, 0.15) is 5.54 Å². The van der Waals surface area contributed by atoms with Crippen molar-refractivity contribution in [1.82, 2.24) is 10.2 Å². The Labute approximate surface area is 98.0 Å². The Bertz CT molecular complexity index is 251. The predicted molar refractivity (Wildman–Crippen MR) is 64.5 cm³/mol. The van der Waals surface area contributed by atoms with Crippen LogP contribution in [0.5, 0.6) is 0 Å². The van der Waals surface area contributed by atoms with E-state index in [2.05, 4.69) is 31.0 Å². The average molecular weight is 228 g/mol. The molecule has 16 heavy (non-hydrogen) atoms. The monoisotopic (exact) mass is 228 g/mol. The van der Waals surface area contributed by atoms with Gasteiger partial charge in [-0.15, -0.1) is 0 Å². The maximum Gasteiger partial charge on any atom is 0.325 e. The van der Waals surface area contributed by atoms with Crippen molar-refractivity contribution in [2.24, 2.45) is 5.92 Å². The van der Waals surface area contributed by atoms with Gasteiger partial charge in [0.25, 0.3) is 0 Å². The van der Waals surface area contributed by atoms with Gasteiger partial charge in [-0.05, 0) is 46.2 Å². The molecular formula is C12H24N2O2. The number of nitrogens with zero attached hydrogens (tertiary/aromatic N) is 1. The number of nitrogens with one attached hydrogen (secondary N) is 1. The summed E-state index contributed by atoms with van der Waals surface area (Å²) in [5.74, 6) is -0.417. The summed E-state index contributed by atoms with van der Waals surface area (Å²) in [4.78, 5) is 13.7. The van der Waals surface area contributed by atoms with Crippen molar-refractivity contribution in [3.8, 4) is 0 Å². The SMILES string of the molecule is CCN(CC(NC)(C(=O)O)C1CC1)C(C)C. The van der Waals surface area contributed by atoms with E-state index in [0.717, 1.165) is 19.4 Å². The molecule has 1 saturated carbocycles. The van der Waals surface area contributed by atoms with Crippen LogP contribution in [0.1, 0.15) is 33.6 Å². The highest BCUT2D eigenvalue weighted by molar-refractivity contribution is 5.80. The second-order valence-corrected chi connectivity index (χ2v) is 4.96. The van der Waals surface area contributed by atoms with E-state index in [9.17, 15) is 9.90 Å². The van der Waals surface area contributed by atoms with Crippen LogP contribution in [0.3, 0.4) is 0 Å². The number of rotatable bonds is 7. The summed E-state index contributed by atoms with van der Waals surface area (Å²) >= 11 is 0. The Morgan fingerprint density at radius 1 is 1.56 bits per heavy atom. The van der Waals surface area contributed by atoms with E-state index in [-0.39, 0.29) is 0 Å². The Balaban J connectivity index is 2.80. The van der Waals surface area contributed by atoms with Gasteiger partial charge in [0.15, 0.2) is 0 Å². The minimum Gasteiger partial charge on any atom is -0.480 e. The van der Waals surface area contributed by atoms with Gasteiger partial charge in [0.2, 0.25) is 0 Å². The molecule has 1 unspecified atom stereocenters. The lowest BCUT2D eigenvalue weighted by molar-refractivity contribution is -0.147. The highest BCUT2D eigenvalue weighted by Gasteiger charge is 2.51. The van der Waals surface area contributed by atoms with Gasteiger partial charge < -0.3 is 10.4 Å². The third-order valence-electron chi connectivity index (χ3n) is 3.69. The second-order valence-electron chi connectivity index (χ2n) is 4.96. The fourth-order valence-corrected chi connectivity index (χ4v) is 2.32. The Morgan fingerprint density at radius 3 is 2.38 bits per heavy atom. The van der Waals surface area contributed by atoms with Crippen LogP contribution in [-0.4, -0.2) is 47.7 Å². The van der Waals surface area contributed by atoms with E-state index in [4.69, 9.17) is 0 Å². The first kappa shape index (κ1) is 13.5. The molecule has 0 aromatic rings. The molecular weight excluding hydrogens is 204 g/mol. The lowest BCUT2D eigenvalue weighted by atomic mass is 9.92. The van der Waals surface area contributed by atoms with Crippen molar-refractivity contribution in [3.05, 3.63) is 0 Å². The van der Waals surface area contributed by atoms with Crippen LogP contribution in [0.15, 0.2) is 0 Å². The van der Waals surface area contributed by atoms with E-state index in [0.29, 0.717) is 18.5 Å². The molecule has 0 aliphatic heterocycles. The summed E-state index contributed by atoms with van der Waals surface area (Å²) < 4.78 is 0. The molecule has 0 amide bonds. The molecule has 94 valence electrons. The molecule has 1 fully saturated rings. The zero-order chi connectivity index (χ0) is 12.3. The van der Waals surface area contributed by atoms with Crippen molar-refractivity contribution < 1.29 is 9.90 Å². The molecule has 0 radical (unpaired) electrons. The molecule has 0 aromatic carbocycles. The van der Waals surface area contributed by atoms with Gasteiger partial charge in [-0.2, -0.15) is 0 Å². The highest BCUT2D eigenvalue weighted by atomic mass is 16.4. The van der Waals surface area contributed by atoms with Crippen molar-refractivity contribution in [3.63, 3.8) is 0 Å². The maximum atomic E-state index is 11.5. The molecule has 0 aromatic heterocycles. The normalized spacial score (nSPS) is 20.1. The first-order valence-electron chi connectivity index (χ1n) is 6.14. The van der Waals surface area contributed by atoms with Crippen LogP contribution < -0.4 is 5.32 Å². The summed E-state index contributed by atoms with van der Waals surface area (Å²) in [5, 5.41) is 12.5. The van der Waals surface area contributed by atoms with E-state index < -0.39 is 11.5 Å². The van der Waals surface area contributed by atoms with Gasteiger partial charge in [0.05, 0.1) is 0 Å². The molecule has 0 saturated heterocycles. The Kier molecular flexibility index (Phi) is 4.33. The number of aliphatic carboxylic acids is 1. The van der Waals surface area contributed by atoms with Gasteiger partial charge in [-0.3, -0.25) is 9.69 Å². The topological polar surface area (TPSA) is 52.6 Å². The zero-order valence-corrected chi connectivity index (χ0v) is 10.8. The standard InChI is InChI=1S/C12H24N2O2/c1-5-14(9(2)3)8-12(13-4,11(15)16)10-6-7-10/h9-10,13H,5-8H2,1-4H3,(H,15,16). The van der Waals surface area contributed by atoms with Crippen molar-refractivity contribution in [2.75, 3.05) is 20.1 Å². The number of hydrogen-bond donors (Lipinski definition) is 2. The number of carbonyl (C=O) groups is 1. The number of hydrogen-bond acceptors (Lipinski definition) is 3. The fraction of sp³-hybridized carbons (Fsp3) is 0.917. The number of likely N-dealkylation sites (N-methyl/N-ethyl adjacent to an activating group) is 2. The van der Waals surface area contributed by atoms with E-state index in [1.807, 2.05) is 0 Å². The Morgan fingerprint density at radius 2 is 2.12 bits per heavy atom. The smallest absolute Gasteiger partial charge is 0.325 e. The van der Waals surface area contributed by atoms with Crippen LogP contribution in [-0.2, 0) is 4.79 Å². The minimum absolute atomic E-state index is 0.294. The molecule has 4 heteroatoms. The van der Waals surface area contributed by atoms with E-state index >= 15 is 0 Å². The first-order chi connectivity index (χ1) is 7.47. The highest BCUT2D eigenvalue weighted by Crippen LogP contribution is 2.40. The molecule has 0 spiro atoms. The first-order valence-corrected chi connectivity index (χ1v) is 6.14. The summed E-state index contributed by atoms with van der Waals surface area (Å²) in [7, 11) is 1.76. The zero-order valence-electron chi connectivity index (χ0n) is 10.8. The fourth-order valence-electron chi connectivity index (χ4n) is 2.32. The van der Waals surface area contributed by atoms with E-state index in [1.165, 1.54) is 0 Å². The number of carboxylic acids is 1. The van der Waals surface area contributed by atoms with Gasteiger partial charge in [-0.25, -0.2) is 0 Å². The summed E-state index contributed by atoms with van der Waals surface area (Å²) in [6.45, 7) is 7.78. The second kappa shape index (κ2) is 5.15. The lowest BCUT2D eigenvalue weighted by Gasteiger charge is -2.36. The summed E-state index contributed by atoms with van der Waals surface area (Å²) in [6.07, 6.45) is 2.06. The molecule has 1 rings (SSSR count). The lowest BCUT2D eigenvalue weighted by Crippen LogP contribution is -2.60. The van der Waals surface area contributed by atoms with Crippen molar-refractivity contribution in [2.45, 2.75) is 45.2 Å². The van der Waals surface area contributed by atoms with Gasteiger partial charge >= 0.3 is 5.97 Å². The average Bonchev–Trinajstić information content (AvgIpc) is 3.03. The number of carboxylic acid groups (broad SMARTS) is 1. The van der Waals surface area contributed by atoms with Crippen LogP contribution in [0, 0.1) is 5.92 Å². The molecule has 0 bridgehead atoms. The third kappa shape index (κ3) is 2.55. The van der Waals surface area contributed by atoms with Crippen molar-refractivity contribution in [1.29, 1.82) is 0 Å². The molecule has 1 aliphatic rings. The summed E-state index contributed by atoms with van der Waals surface area (Å²) in [5.41, 5.74) is -0.750. The molecule has 0 heterocycles. The van der Waals surface area contributed by atoms with Gasteiger partial charge in [-0.1, -0.05) is 6.92 Å². The molecule has 1 aliphatic carbocycles. The quantitative estimate of drug-likeness (QED) is 0.687. The maximum absolute atomic E-state index is 11.5. The van der Waals surface area contributed by atoms with Crippen molar-refractivity contribution >= 4 is 5.97 Å². The van der Waals surface area contributed by atoms with E-state index in [1.54, 1.807) is 7.05 Å².